The summed E-state index contributed by atoms with van der Waals surface area (Å²) in [5, 5.41) is 9.75. The van der Waals surface area contributed by atoms with E-state index in [9.17, 15) is 14.7 Å². The van der Waals surface area contributed by atoms with Crippen LogP contribution in [0, 0.1) is 0 Å². The first kappa shape index (κ1) is 19.2. The molecule has 0 aromatic heterocycles. The summed E-state index contributed by atoms with van der Waals surface area (Å²) in [4.78, 5) is 23.3. The number of benzene rings is 1. The van der Waals surface area contributed by atoms with E-state index in [1.165, 1.54) is 7.11 Å². The van der Waals surface area contributed by atoms with Gasteiger partial charge in [0, 0.05) is 6.42 Å². The highest BCUT2D eigenvalue weighted by Gasteiger charge is 2.29. The van der Waals surface area contributed by atoms with Gasteiger partial charge in [-0.25, -0.2) is 4.79 Å². The molecule has 0 heterocycles. The fourth-order valence-corrected chi connectivity index (χ4v) is 2.61. The monoisotopic (exact) mass is 320 g/mol. The van der Waals surface area contributed by atoms with Gasteiger partial charge in [-0.05, 0) is 33.9 Å². The van der Waals surface area contributed by atoms with Gasteiger partial charge >= 0.3 is 11.9 Å². The van der Waals surface area contributed by atoms with Crippen LogP contribution in [0.4, 0.5) is 0 Å². The minimum Gasteiger partial charge on any atom is -0.478 e. The van der Waals surface area contributed by atoms with Crippen molar-refractivity contribution in [3.63, 3.8) is 0 Å². The molecule has 1 rings (SSSR count). The standard InChI is InChI=1S/C19H28O4/c1-18(2,3)13-10-12(8-9-15(20)23-7)11-14(19(4,5)6)16(13)17(21)22/h10-11H,8-9H2,1-7H3,(H,21,22). The van der Waals surface area contributed by atoms with Gasteiger partial charge in [0.2, 0.25) is 0 Å². The van der Waals surface area contributed by atoms with Gasteiger partial charge in [-0.2, -0.15) is 0 Å². The third kappa shape index (κ3) is 4.81. The summed E-state index contributed by atoms with van der Waals surface area (Å²) in [6.07, 6.45) is 0.828. The van der Waals surface area contributed by atoms with Crippen molar-refractivity contribution < 1.29 is 19.4 Å². The number of aromatic carboxylic acids is 1. The topological polar surface area (TPSA) is 63.6 Å². The van der Waals surface area contributed by atoms with Gasteiger partial charge in [0.1, 0.15) is 0 Å². The summed E-state index contributed by atoms with van der Waals surface area (Å²) in [5.41, 5.74) is 2.36. The number of carboxylic acid groups (broad SMARTS) is 1. The van der Waals surface area contributed by atoms with Crippen LogP contribution in [-0.4, -0.2) is 24.2 Å². The van der Waals surface area contributed by atoms with Gasteiger partial charge < -0.3 is 9.84 Å². The van der Waals surface area contributed by atoms with Crippen LogP contribution in [0.1, 0.15) is 75.0 Å². The van der Waals surface area contributed by atoms with Gasteiger partial charge in [0.05, 0.1) is 12.7 Å². The Bertz CT molecular complexity index is 566. The first-order valence-electron chi connectivity index (χ1n) is 7.86. The number of hydrogen-bond acceptors (Lipinski definition) is 3. The van der Waals surface area contributed by atoms with E-state index in [0.717, 1.165) is 16.7 Å². The fraction of sp³-hybridized carbons (Fsp3) is 0.579. The highest BCUT2D eigenvalue weighted by molar-refractivity contribution is 5.92. The number of aryl methyl sites for hydroxylation is 1. The number of carbonyl (C=O) groups excluding carboxylic acids is 1. The molecule has 0 atom stereocenters. The molecule has 23 heavy (non-hydrogen) atoms. The summed E-state index contributed by atoms with van der Waals surface area (Å²) in [6, 6.07) is 3.84. The lowest BCUT2D eigenvalue weighted by molar-refractivity contribution is -0.140. The Morgan fingerprint density at radius 1 is 1.00 bits per heavy atom. The second-order valence-electron chi connectivity index (χ2n) is 7.95. The van der Waals surface area contributed by atoms with Crippen molar-refractivity contribution in [2.75, 3.05) is 7.11 Å². The van der Waals surface area contributed by atoms with Crippen molar-refractivity contribution in [1.82, 2.24) is 0 Å². The zero-order valence-corrected chi connectivity index (χ0v) is 15.2. The quantitative estimate of drug-likeness (QED) is 0.849. The summed E-state index contributed by atoms with van der Waals surface area (Å²) in [7, 11) is 1.37. The number of rotatable bonds is 4. The van der Waals surface area contributed by atoms with Gasteiger partial charge in [0.25, 0.3) is 0 Å². The first-order valence-corrected chi connectivity index (χ1v) is 7.86. The van der Waals surface area contributed by atoms with Crippen LogP contribution in [0.3, 0.4) is 0 Å². The average Bonchev–Trinajstić information content (AvgIpc) is 2.41. The van der Waals surface area contributed by atoms with Crippen molar-refractivity contribution >= 4 is 11.9 Å². The van der Waals surface area contributed by atoms with Crippen molar-refractivity contribution in [3.8, 4) is 0 Å². The van der Waals surface area contributed by atoms with E-state index in [1.807, 2.05) is 53.7 Å². The number of carboxylic acids is 1. The molecule has 0 unspecified atom stereocenters. The highest BCUT2D eigenvalue weighted by Crippen LogP contribution is 2.35. The SMILES string of the molecule is COC(=O)CCc1cc(C(C)(C)C)c(C(=O)O)c(C(C)(C)C)c1. The molecule has 0 fully saturated rings. The van der Waals surface area contributed by atoms with E-state index >= 15 is 0 Å². The average molecular weight is 320 g/mol. The zero-order valence-electron chi connectivity index (χ0n) is 15.2. The summed E-state index contributed by atoms with van der Waals surface area (Å²) in [5.74, 6) is -1.17. The normalized spacial score (nSPS) is 12.1. The molecular formula is C19H28O4. The summed E-state index contributed by atoms with van der Waals surface area (Å²) >= 11 is 0. The van der Waals surface area contributed by atoms with Gasteiger partial charge in [-0.1, -0.05) is 53.7 Å². The van der Waals surface area contributed by atoms with Crippen LogP contribution in [0.15, 0.2) is 12.1 Å². The van der Waals surface area contributed by atoms with E-state index in [4.69, 9.17) is 4.74 Å². The van der Waals surface area contributed by atoms with Crippen molar-refractivity contribution in [2.45, 2.75) is 65.2 Å². The Balaban J connectivity index is 3.53. The molecule has 1 N–H and O–H groups in total. The molecule has 0 saturated heterocycles. The number of carbonyl (C=O) groups is 2. The molecular weight excluding hydrogens is 292 g/mol. The van der Waals surface area contributed by atoms with E-state index in [2.05, 4.69) is 0 Å². The molecule has 4 nitrogen and oxygen atoms in total. The molecule has 0 aliphatic carbocycles. The summed E-state index contributed by atoms with van der Waals surface area (Å²) < 4.78 is 4.70. The maximum Gasteiger partial charge on any atom is 0.336 e. The third-order valence-electron chi connectivity index (χ3n) is 3.87. The van der Waals surface area contributed by atoms with Gasteiger partial charge in [-0.3, -0.25) is 4.79 Å². The van der Waals surface area contributed by atoms with E-state index in [1.54, 1.807) is 0 Å². The Morgan fingerprint density at radius 3 is 1.74 bits per heavy atom. The van der Waals surface area contributed by atoms with Gasteiger partial charge in [0.15, 0.2) is 0 Å². The molecule has 1 aromatic carbocycles. The number of methoxy groups -OCH3 is 1. The molecule has 0 radical (unpaired) electrons. The number of ether oxygens (including phenoxy) is 1. The lowest BCUT2D eigenvalue weighted by Gasteiger charge is -2.29. The van der Waals surface area contributed by atoms with E-state index < -0.39 is 5.97 Å². The molecule has 0 spiro atoms. The fourth-order valence-electron chi connectivity index (χ4n) is 2.61. The minimum atomic E-state index is -0.903. The Kier molecular flexibility index (Phi) is 5.62. The molecule has 1 aromatic rings. The molecule has 0 aliphatic heterocycles. The lowest BCUT2D eigenvalue weighted by Crippen LogP contribution is -2.24. The van der Waals surface area contributed by atoms with E-state index in [-0.39, 0.29) is 23.2 Å². The van der Waals surface area contributed by atoms with E-state index in [0.29, 0.717) is 12.0 Å². The largest absolute Gasteiger partial charge is 0.478 e. The molecule has 4 heteroatoms. The predicted octanol–water partition coefficient (Wildman–Crippen LogP) is 4.09. The van der Waals surface area contributed by atoms with Crippen LogP contribution in [0.5, 0.6) is 0 Å². The molecule has 128 valence electrons. The zero-order chi connectivity index (χ0) is 18.0. The Labute approximate surface area is 138 Å². The molecule has 0 aliphatic rings. The Morgan fingerprint density at radius 2 is 1.43 bits per heavy atom. The van der Waals surface area contributed by atoms with Crippen LogP contribution < -0.4 is 0 Å². The predicted molar refractivity (Wildman–Crippen MR) is 91.1 cm³/mol. The lowest BCUT2D eigenvalue weighted by atomic mass is 9.75. The summed E-state index contributed by atoms with van der Waals surface area (Å²) in [6.45, 7) is 12.0. The Hall–Kier alpha value is -1.84. The van der Waals surface area contributed by atoms with Crippen molar-refractivity contribution in [2.24, 2.45) is 0 Å². The van der Waals surface area contributed by atoms with Crippen molar-refractivity contribution in [3.05, 3.63) is 34.4 Å². The highest BCUT2D eigenvalue weighted by atomic mass is 16.5. The maximum absolute atomic E-state index is 11.9. The van der Waals surface area contributed by atoms with Crippen LogP contribution in [0.2, 0.25) is 0 Å². The first-order chi connectivity index (χ1) is 10.4. The van der Waals surface area contributed by atoms with Crippen LogP contribution in [-0.2, 0) is 26.8 Å². The number of esters is 1. The maximum atomic E-state index is 11.9. The number of hydrogen-bond donors (Lipinski definition) is 1. The minimum absolute atomic E-state index is 0.262. The molecule has 0 saturated carbocycles. The van der Waals surface area contributed by atoms with Crippen LogP contribution in [0.25, 0.3) is 0 Å². The molecule has 0 bridgehead atoms. The molecule has 0 amide bonds. The van der Waals surface area contributed by atoms with Crippen LogP contribution >= 0.6 is 0 Å². The second kappa shape index (κ2) is 6.73. The third-order valence-corrected chi connectivity index (χ3v) is 3.87. The second-order valence-corrected chi connectivity index (χ2v) is 7.95. The smallest absolute Gasteiger partial charge is 0.336 e. The van der Waals surface area contributed by atoms with Crippen molar-refractivity contribution in [1.29, 1.82) is 0 Å². The van der Waals surface area contributed by atoms with Gasteiger partial charge in [-0.15, -0.1) is 0 Å².